The summed E-state index contributed by atoms with van der Waals surface area (Å²) >= 11 is 0. The van der Waals surface area contributed by atoms with Gasteiger partial charge in [0, 0.05) is 17.3 Å². The van der Waals surface area contributed by atoms with E-state index >= 15 is 0 Å². The lowest BCUT2D eigenvalue weighted by Crippen LogP contribution is -2.28. The first-order valence-electron chi connectivity index (χ1n) is 4.54. The van der Waals surface area contributed by atoms with Crippen LogP contribution in [0.4, 0.5) is 10.1 Å². The molecular weight excluding hydrogens is 183 g/mol. The Hall–Kier alpha value is -1.13. The Bertz CT molecular complexity index is 317. The van der Waals surface area contributed by atoms with Crippen LogP contribution in [0.1, 0.15) is 25.0 Å². The van der Waals surface area contributed by atoms with E-state index in [-0.39, 0.29) is 5.56 Å². The summed E-state index contributed by atoms with van der Waals surface area (Å²) in [6, 6.07) is 3.63. The Morgan fingerprint density at radius 2 is 2.14 bits per heavy atom. The second-order valence-electron chi connectivity index (χ2n) is 3.30. The van der Waals surface area contributed by atoms with Gasteiger partial charge in [-0.2, -0.15) is 0 Å². The Labute approximate surface area is 82.5 Å². The number of halogens is 1. The van der Waals surface area contributed by atoms with Crippen LogP contribution in [-0.4, -0.2) is 11.1 Å². The van der Waals surface area contributed by atoms with Crippen LogP contribution in [0.3, 0.4) is 0 Å². The zero-order chi connectivity index (χ0) is 10.7. The Kier molecular flexibility index (Phi) is 3.43. The lowest BCUT2D eigenvalue weighted by molar-refractivity contribution is 0.140. The normalized spacial score (nSPS) is 15.1. The summed E-state index contributed by atoms with van der Waals surface area (Å²) in [4.78, 5) is 0. The summed E-state index contributed by atoms with van der Waals surface area (Å²) in [5, 5.41) is 9.67. The van der Waals surface area contributed by atoms with Gasteiger partial charge in [-0.1, -0.05) is 6.92 Å². The fourth-order valence-corrected chi connectivity index (χ4v) is 1.24. The van der Waals surface area contributed by atoms with Crippen LogP contribution in [-0.2, 0) is 0 Å². The largest absolute Gasteiger partial charge is 0.399 e. The minimum Gasteiger partial charge on any atom is -0.399 e. The molecule has 0 spiro atoms. The quantitative estimate of drug-likeness (QED) is 0.638. The van der Waals surface area contributed by atoms with Crippen molar-refractivity contribution in [3.63, 3.8) is 0 Å². The maximum absolute atomic E-state index is 13.2. The van der Waals surface area contributed by atoms with Crippen molar-refractivity contribution in [1.29, 1.82) is 0 Å². The Morgan fingerprint density at radius 3 is 2.71 bits per heavy atom. The van der Waals surface area contributed by atoms with Crippen molar-refractivity contribution in [2.45, 2.75) is 25.5 Å². The first-order chi connectivity index (χ1) is 6.56. The van der Waals surface area contributed by atoms with Crippen molar-refractivity contribution >= 4 is 5.69 Å². The smallest absolute Gasteiger partial charge is 0.129 e. The molecule has 1 rings (SSSR count). The van der Waals surface area contributed by atoms with Gasteiger partial charge in [-0.3, -0.25) is 0 Å². The van der Waals surface area contributed by atoms with Gasteiger partial charge >= 0.3 is 0 Å². The van der Waals surface area contributed by atoms with E-state index in [4.69, 9.17) is 11.5 Å². The van der Waals surface area contributed by atoms with Gasteiger partial charge in [-0.25, -0.2) is 4.39 Å². The highest BCUT2D eigenvalue weighted by Gasteiger charge is 2.18. The van der Waals surface area contributed by atoms with E-state index in [1.807, 2.05) is 6.92 Å². The number of aliphatic hydroxyl groups is 1. The van der Waals surface area contributed by atoms with E-state index in [1.165, 1.54) is 18.2 Å². The minimum atomic E-state index is -0.997. The van der Waals surface area contributed by atoms with Gasteiger partial charge in [-0.15, -0.1) is 0 Å². The van der Waals surface area contributed by atoms with E-state index in [1.54, 1.807) is 0 Å². The van der Waals surface area contributed by atoms with Crippen LogP contribution < -0.4 is 11.5 Å². The minimum absolute atomic E-state index is 0.166. The number of rotatable bonds is 3. The molecule has 0 aromatic heterocycles. The van der Waals surface area contributed by atoms with E-state index in [0.717, 1.165) is 0 Å². The molecule has 0 fully saturated rings. The summed E-state index contributed by atoms with van der Waals surface area (Å²) in [5.74, 6) is -0.476. The molecular formula is C10H15FN2O. The summed E-state index contributed by atoms with van der Waals surface area (Å²) < 4.78 is 13.2. The molecule has 0 radical (unpaired) electrons. The van der Waals surface area contributed by atoms with Crippen molar-refractivity contribution in [3.8, 4) is 0 Å². The molecule has 2 atom stereocenters. The molecule has 0 aliphatic carbocycles. The van der Waals surface area contributed by atoms with Crippen LogP contribution in [0, 0.1) is 5.82 Å². The molecule has 0 saturated carbocycles. The van der Waals surface area contributed by atoms with Crippen LogP contribution in [0.25, 0.3) is 0 Å². The summed E-state index contributed by atoms with van der Waals surface area (Å²) in [6.07, 6.45) is -0.418. The molecule has 5 N–H and O–H groups in total. The van der Waals surface area contributed by atoms with E-state index in [9.17, 15) is 9.50 Å². The fraction of sp³-hybridized carbons (Fsp3) is 0.400. The fourth-order valence-electron chi connectivity index (χ4n) is 1.24. The number of hydrogen-bond donors (Lipinski definition) is 3. The third kappa shape index (κ3) is 2.21. The number of hydrogen-bond acceptors (Lipinski definition) is 3. The van der Waals surface area contributed by atoms with Gasteiger partial charge in [-0.05, 0) is 24.6 Å². The molecule has 0 saturated heterocycles. The number of nitrogens with two attached hydrogens (primary N) is 2. The molecule has 0 heterocycles. The van der Waals surface area contributed by atoms with E-state index < -0.39 is 18.0 Å². The van der Waals surface area contributed by atoms with E-state index in [2.05, 4.69) is 0 Å². The molecule has 14 heavy (non-hydrogen) atoms. The zero-order valence-corrected chi connectivity index (χ0v) is 8.07. The summed E-state index contributed by atoms with van der Waals surface area (Å²) in [7, 11) is 0. The van der Waals surface area contributed by atoms with Gasteiger partial charge in [0.25, 0.3) is 0 Å². The average Bonchev–Trinajstić information content (AvgIpc) is 2.19. The summed E-state index contributed by atoms with van der Waals surface area (Å²) in [5.41, 5.74) is 11.7. The standard InChI is InChI=1S/C10H15FN2O/c1-2-9(13)10(14)7-5-6(12)3-4-8(7)11/h3-5,9-10,14H,2,12-13H2,1H3/t9-,10-/m1/s1. The maximum atomic E-state index is 13.2. The Balaban J connectivity index is 2.99. The van der Waals surface area contributed by atoms with Gasteiger partial charge in [0.15, 0.2) is 0 Å². The SMILES string of the molecule is CC[C@@H](N)[C@H](O)c1cc(N)ccc1F. The Morgan fingerprint density at radius 1 is 1.50 bits per heavy atom. The highest BCUT2D eigenvalue weighted by Crippen LogP contribution is 2.22. The number of anilines is 1. The molecule has 0 aliphatic rings. The molecule has 0 amide bonds. The third-order valence-electron chi connectivity index (χ3n) is 2.22. The van der Waals surface area contributed by atoms with Crippen molar-refractivity contribution in [3.05, 3.63) is 29.6 Å². The molecule has 1 aromatic rings. The van der Waals surface area contributed by atoms with E-state index in [0.29, 0.717) is 12.1 Å². The monoisotopic (exact) mass is 198 g/mol. The highest BCUT2D eigenvalue weighted by molar-refractivity contribution is 5.42. The molecule has 3 nitrogen and oxygen atoms in total. The third-order valence-corrected chi connectivity index (χ3v) is 2.22. The maximum Gasteiger partial charge on any atom is 0.129 e. The topological polar surface area (TPSA) is 72.3 Å². The lowest BCUT2D eigenvalue weighted by atomic mass is 10.0. The predicted octanol–water partition coefficient (Wildman–Crippen LogP) is 1.18. The van der Waals surface area contributed by atoms with Crippen LogP contribution >= 0.6 is 0 Å². The average molecular weight is 198 g/mol. The molecule has 0 unspecified atom stereocenters. The number of benzene rings is 1. The molecule has 78 valence electrons. The summed E-state index contributed by atoms with van der Waals surface area (Å²) in [6.45, 7) is 1.83. The first kappa shape index (κ1) is 10.9. The zero-order valence-electron chi connectivity index (χ0n) is 8.07. The molecule has 0 bridgehead atoms. The van der Waals surface area contributed by atoms with Gasteiger partial charge in [0.05, 0.1) is 6.10 Å². The highest BCUT2D eigenvalue weighted by atomic mass is 19.1. The molecule has 0 aliphatic heterocycles. The van der Waals surface area contributed by atoms with Crippen LogP contribution in [0.2, 0.25) is 0 Å². The van der Waals surface area contributed by atoms with Crippen LogP contribution in [0.5, 0.6) is 0 Å². The first-order valence-corrected chi connectivity index (χ1v) is 4.54. The van der Waals surface area contributed by atoms with Crippen molar-refractivity contribution in [1.82, 2.24) is 0 Å². The molecule has 1 aromatic carbocycles. The van der Waals surface area contributed by atoms with Crippen LogP contribution in [0.15, 0.2) is 18.2 Å². The second-order valence-corrected chi connectivity index (χ2v) is 3.30. The second kappa shape index (κ2) is 4.39. The van der Waals surface area contributed by atoms with Gasteiger partial charge < -0.3 is 16.6 Å². The van der Waals surface area contributed by atoms with Crippen molar-refractivity contribution < 1.29 is 9.50 Å². The lowest BCUT2D eigenvalue weighted by Gasteiger charge is -2.18. The number of nitrogen functional groups attached to an aromatic ring is 1. The van der Waals surface area contributed by atoms with Gasteiger partial charge in [0.1, 0.15) is 5.82 Å². The predicted molar refractivity (Wildman–Crippen MR) is 54.0 cm³/mol. The van der Waals surface area contributed by atoms with Crippen molar-refractivity contribution in [2.24, 2.45) is 5.73 Å². The van der Waals surface area contributed by atoms with Gasteiger partial charge in [0.2, 0.25) is 0 Å². The molecule has 4 heteroatoms. The number of aliphatic hydroxyl groups excluding tert-OH is 1. The van der Waals surface area contributed by atoms with Crippen molar-refractivity contribution in [2.75, 3.05) is 5.73 Å².